The number of pyridine rings is 1. The van der Waals surface area contributed by atoms with Gasteiger partial charge in [0.05, 0.1) is 0 Å². The summed E-state index contributed by atoms with van der Waals surface area (Å²) in [6.45, 7) is 9.49. The molecule has 0 amide bonds. The molecule has 0 unspecified atom stereocenters. The Morgan fingerprint density at radius 1 is 1.11 bits per heavy atom. The highest BCUT2D eigenvalue weighted by Gasteiger charge is 2.04. The van der Waals surface area contributed by atoms with Crippen molar-refractivity contribution >= 4 is 0 Å². The summed E-state index contributed by atoms with van der Waals surface area (Å²) in [6, 6.07) is 9.35. The average molecular weight is 254 g/mol. The van der Waals surface area contributed by atoms with E-state index in [9.17, 15) is 0 Å². The van der Waals surface area contributed by atoms with Crippen LogP contribution >= 0.6 is 0 Å². The van der Waals surface area contributed by atoms with Crippen molar-refractivity contribution < 1.29 is 0 Å². The predicted molar refractivity (Wildman–Crippen MR) is 81.1 cm³/mol. The second-order valence-corrected chi connectivity index (χ2v) is 5.44. The number of rotatable bonds is 4. The third-order valence-electron chi connectivity index (χ3n) is 3.19. The Bertz CT molecular complexity index is 559. The molecule has 1 N–H and O–H groups in total. The molecule has 1 heterocycles. The molecule has 100 valence electrons. The van der Waals surface area contributed by atoms with Crippen molar-refractivity contribution in [3.05, 3.63) is 53.3 Å². The standard InChI is InChI=1S/C17H22N2/c1-12(2)19-10-15-5-6-17(14(4)8-15)16-7-13(3)9-18-11-16/h5-9,11-12,19H,10H2,1-4H3. The first-order valence-corrected chi connectivity index (χ1v) is 6.81. The summed E-state index contributed by atoms with van der Waals surface area (Å²) in [5.41, 5.74) is 6.29. The lowest BCUT2D eigenvalue weighted by atomic mass is 9.99. The van der Waals surface area contributed by atoms with E-state index >= 15 is 0 Å². The van der Waals surface area contributed by atoms with E-state index in [-0.39, 0.29) is 0 Å². The zero-order valence-electron chi connectivity index (χ0n) is 12.2. The molecule has 0 saturated carbocycles. The number of aryl methyl sites for hydroxylation is 2. The Labute approximate surface area is 115 Å². The van der Waals surface area contributed by atoms with Crippen LogP contribution in [0.5, 0.6) is 0 Å². The van der Waals surface area contributed by atoms with Crippen molar-refractivity contribution in [3.63, 3.8) is 0 Å². The van der Waals surface area contributed by atoms with Crippen LogP contribution in [0, 0.1) is 13.8 Å². The van der Waals surface area contributed by atoms with E-state index in [1.54, 1.807) is 0 Å². The minimum atomic E-state index is 0.515. The topological polar surface area (TPSA) is 24.9 Å². The summed E-state index contributed by atoms with van der Waals surface area (Å²) >= 11 is 0. The van der Waals surface area contributed by atoms with Crippen LogP contribution in [0.15, 0.2) is 36.7 Å². The molecule has 0 aliphatic carbocycles. The number of benzene rings is 1. The van der Waals surface area contributed by atoms with Crippen molar-refractivity contribution in [2.75, 3.05) is 0 Å². The molecule has 0 aliphatic heterocycles. The summed E-state index contributed by atoms with van der Waals surface area (Å²) in [5, 5.41) is 3.44. The maximum Gasteiger partial charge on any atom is 0.0346 e. The van der Waals surface area contributed by atoms with Crippen LogP contribution in [0.2, 0.25) is 0 Å². The Hall–Kier alpha value is -1.67. The zero-order valence-corrected chi connectivity index (χ0v) is 12.2. The monoisotopic (exact) mass is 254 g/mol. The van der Waals surface area contributed by atoms with Gasteiger partial charge in [0.2, 0.25) is 0 Å². The van der Waals surface area contributed by atoms with Gasteiger partial charge in [0.15, 0.2) is 0 Å². The van der Waals surface area contributed by atoms with E-state index in [0.717, 1.165) is 6.54 Å². The third-order valence-corrected chi connectivity index (χ3v) is 3.19. The first kappa shape index (κ1) is 13.8. The van der Waals surface area contributed by atoms with Crippen LogP contribution in [-0.2, 0) is 6.54 Å². The van der Waals surface area contributed by atoms with Gasteiger partial charge in [0, 0.05) is 30.5 Å². The van der Waals surface area contributed by atoms with Gasteiger partial charge in [-0.3, -0.25) is 4.98 Å². The fourth-order valence-electron chi connectivity index (χ4n) is 2.18. The van der Waals surface area contributed by atoms with Gasteiger partial charge in [-0.2, -0.15) is 0 Å². The van der Waals surface area contributed by atoms with E-state index in [1.807, 2.05) is 12.4 Å². The highest BCUT2D eigenvalue weighted by molar-refractivity contribution is 5.67. The van der Waals surface area contributed by atoms with Crippen LogP contribution in [-0.4, -0.2) is 11.0 Å². The zero-order chi connectivity index (χ0) is 13.8. The molecule has 2 heteroatoms. The summed E-state index contributed by atoms with van der Waals surface area (Å²) in [4.78, 5) is 4.27. The van der Waals surface area contributed by atoms with Gasteiger partial charge in [0.25, 0.3) is 0 Å². The molecule has 0 radical (unpaired) electrons. The maximum atomic E-state index is 4.27. The second-order valence-electron chi connectivity index (χ2n) is 5.44. The molecule has 0 bridgehead atoms. The van der Waals surface area contributed by atoms with Crippen LogP contribution in [0.4, 0.5) is 0 Å². The molecule has 1 aromatic carbocycles. The summed E-state index contributed by atoms with van der Waals surface area (Å²) in [5.74, 6) is 0. The Balaban J connectivity index is 2.24. The van der Waals surface area contributed by atoms with Crippen LogP contribution < -0.4 is 5.32 Å². The maximum absolute atomic E-state index is 4.27. The largest absolute Gasteiger partial charge is 0.310 e. The molecule has 1 aromatic heterocycles. The highest BCUT2D eigenvalue weighted by Crippen LogP contribution is 2.24. The molecule has 19 heavy (non-hydrogen) atoms. The molecule has 0 aliphatic rings. The molecule has 0 fully saturated rings. The van der Waals surface area contributed by atoms with Crippen molar-refractivity contribution in [3.8, 4) is 11.1 Å². The minimum Gasteiger partial charge on any atom is -0.310 e. The first-order valence-electron chi connectivity index (χ1n) is 6.81. The SMILES string of the molecule is Cc1cncc(-c2ccc(CNC(C)C)cc2C)c1. The smallest absolute Gasteiger partial charge is 0.0346 e. The fourth-order valence-corrected chi connectivity index (χ4v) is 2.18. The number of aromatic nitrogens is 1. The highest BCUT2D eigenvalue weighted by atomic mass is 14.9. The van der Waals surface area contributed by atoms with Gasteiger partial charge in [-0.05, 0) is 42.2 Å². The van der Waals surface area contributed by atoms with E-state index in [1.165, 1.54) is 27.8 Å². The molecule has 0 spiro atoms. The molecular weight excluding hydrogens is 232 g/mol. The van der Waals surface area contributed by atoms with Crippen molar-refractivity contribution in [1.29, 1.82) is 0 Å². The molecule has 2 rings (SSSR count). The van der Waals surface area contributed by atoms with Gasteiger partial charge in [-0.1, -0.05) is 32.0 Å². The van der Waals surface area contributed by atoms with E-state index in [0.29, 0.717) is 6.04 Å². The molecule has 0 saturated heterocycles. The van der Waals surface area contributed by atoms with Crippen molar-refractivity contribution in [1.82, 2.24) is 10.3 Å². The summed E-state index contributed by atoms with van der Waals surface area (Å²) in [6.07, 6.45) is 3.82. The average Bonchev–Trinajstić information content (AvgIpc) is 2.36. The lowest BCUT2D eigenvalue weighted by molar-refractivity contribution is 0.589. The van der Waals surface area contributed by atoms with Gasteiger partial charge < -0.3 is 5.32 Å². The van der Waals surface area contributed by atoms with Gasteiger partial charge >= 0.3 is 0 Å². The Kier molecular flexibility index (Phi) is 4.33. The number of nitrogens with zero attached hydrogens (tertiary/aromatic N) is 1. The van der Waals surface area contributed by atoms with Gasteiger partial charge in [-0.25, -0.2) is 0 Å². The Morgan fingerprint density at radius 3 is 2.53 bits per heavy atom. The van der Waals surface area contributed by atoms with E-state index in [4.69, 9.17) is 0 Å². The fraction of sp³-hybridized carbons (Fsp3) is 0.353. The number of nitrogens with one attached hydrogen (secondary N) is 1. The quantitative estimate of drug-likeness (QED) is 0.896. The predicted octanol–water partition coefficient (Wildman–Crippen LogP) is 3.86. The third kappa shape index (κ3) is 3.65. The van der Waals surface area contributed by atoms with E-state index < -0.39 is 0 Å². The lowest BCUT2D eigenvalue weighted by Crippen LogP contribution is -2.21. The van der Waals surface area contributed by atoms with Crippen LogP contribution in [0.3, 0.4) is 0 Å². The van der Waals surface area contributed by atoms with Gasteiger partial charge in [0.1, 0.15) is 0 Å². The molecule has 2 nitrogen and oxygen atoms in total. The lowest BCUT2D eigenvalue weighted by Gasteiger charge is -2.11. The molecule has 2 aromatic rings. The molecule has 0 atom stereocenters. The normalized spacial score (nSPS) is 11.0. The van der Waals surface area contributed by atoms with E-state index in [2.05, 4.69) is 62.3 Å². The second kappa shape index (κ2) is 5.98. The van der Waals surface area contributed by atoms with Crippen molar-refractivity contribution in [2.24, 2.45) is 0 Å². The first-order chi connectivity index (χ1) is 9.06. The van der Waals surface area contributed by atoms with Gasteiger partial charge in [-0.15, -0.1) is 0 Å². The molecular formula is C17H22N2. The summed E-state index contributed by atoms with van der Waals surface area (Å²) in [7, 11) is 0. The number of hydrogen-bond donors (Lipinski definition) is 1. The van der Waals surface area contributed by atoms with Crippen molar-refractivity contribution in [2.45, 2.75) is 40.3 Å². The number of hydrogen-bond acceptors (Lipinski definition) is 2. The Morgan fingerprint density at radius 2 is 1.89 bits per heavy atom. The minimum absolute atomic E-state index is 0.515. The van der Waals surface area contributed by atoms with Crippen LogP contribution in [0.1, 0.15) is 30.5 Å². The van der Waals surface area contributed by atoms with Crippen LogP contribution in [0.25, 0.3) is 11.1 Å². The summed E-state index contributed by atoms with van der Waals surface area (Å²) < 4.78 is 0.